The van der Waals surface area contributed by atoms with E-state index < -0.39 is 24.5 Å². The molecule has 0 unspecified atom stereocenters. The largest absolute Gasteiger partial charge is 0.443 e. The Labute approximate surface area is 147 Å². The molecule has 7 heteroatoms. The van der Waals surface area contributed by atoms with Crippen LogP contribution in [0.15, 0.2) is 42.5 Å². The Kier molecular flexibility index (Phi) is 4.55. The number of halogens is 2. The molecule has 0 aromatic heterocycles. The molecule has 2 aromatic rings. The fourth-order valence-electron chi connectivity index (χ4n) is 2.36. The zero-order valence-electron chi connectivity index (χ0n) is 12.3. The summed E-state index contributed by atoms with van der Waals surface area (Å²) in [6, 6.07) is 11.2. The van der Waals surface area contributed by atoms with Crippen molar-refractivity contribution in [1.82, 2.24) is 4.90 Å². The van der Waals surface area contributed by atoms with Crippen LogP contribution in [0, 0.1) is 0 Å². The second-order valence-corrected chi connectivity index (χ2v) is 5.99. The van der Waals surface area contributed by atoms with Crippen LogP contribution in [-0.2, 0) is 16.0 Å². The maximum Gasteiger partial charge on any atom is 0.312 e. The van der Waals surface area contributed by atoms with Crippen molar-refractivity contribution >= 4 is 41.0 Å². The van der Waals surface area contributed by atoms with Crippen LogP contribution in [0.25, 0.3) is 0 Å². The highest BCUT2D eigenvalue weighted by molar-refractivity contribution is 6.35. The molecular weight excluding hydrogens is 353 g/mol. The first-order valence-corrected chi connectivity index (χ1v) is 7.77. The van der Waals surface area contributed by atoms with Crippen molar-refractivity contribution in [1.29, 1.82) is 0 Å². The summed E-state index contributed by atoms with van der Waals surface area (Å²) in [5, 5.41) is 0.809. The van der Waals surface area contributed by atoms with Crippen LogP contribution in [0.1, 0.15) is 26.3 Å². The number of imide groups is 1. The van der Waals surface area contributed by atoms with Crippen molar-refractivity contribution in [3.8, 4) is 0 Å². The molecule has 1 aliphatic rings. The predicted molar refractivity (Wildman–Crippen MR) is 88.1 cm³/mol. The number of nitrogens with zero attached hydrogens (tertiary/aromatic N) is 1. The van der Waals surface area contributed by atoms with Gasteiger partial charge >= 0.3 is 5.97 Å². The van der Waals surface area contributed by atoms with E-state index in [-0.39, 0.29) is 6.42 Å². The number of fused-ring (bicyclic) bond motifs is 1. The molecule has 0 spiro atoms. The molecule has 0 N–H and O–H groups in total. The van der Waals surface area contributed by atoms with Gasteiger partial charge in [-0.25, -0.2) is 4.90 Å². The van der Waals surface area contributed by atoms with Crippen molar-refractivity contribution in [2.45, 2.75) is 6.42 Å². The van der Waals surface area contributed by atoms with E-state index in [0.29, 0.717) is 26.7 Å². The highest BCUT2D eigenvalue weighted by Crippen LogP contribution is 2.23. The van der Waals surface area contributed by atoms with Crippen molar-refractivity contribution < 1.29 is 19.1 Å². The second kappa shape index (κ2) is 6.63. The Bertz CT molecular complexity index is 815. The van der Waals surface area contributed by atoms with Gasteiger partial charge in [0.15, 0.2) is 6.73 Å². The van der Waals surface area contributed by atoms with E-state index in [1.54, 1.807) is 36.4 Å². The van der Waals surface area contributed by atoms with Gasteiger partial charge in [-0.05, 0) is 29.8 Å². The van der Waals surface area contributed by atoms with Gasteiger partial charge in [-0.15, -0.1) is 0 Å². The lowest BCUT2D eigenvalue weighted by Crippen LogP contribution is -2.33. The second-order valence-electron chi connectivity index (χ2n) is 5.14. The number of carbonyl (C=O) groups excluding carboxylic acids is 3. The maximum atomic E-state index is 12.1. The Morgan fingerprint density at radius 3 is 2.21 bits per heavy atom. The monoisotopic (exact) mass is 363 g/mol. The summed E-state index contributed by atoms with van der Waals surface area (Å²) in [7, 11) is 0. The fourth-order valence-corrected chi connectivity index (χ4v) is 2.84. The zero-order chi connectivity index (χ0) is 17.3. The van der Waals surface area contributed by atoms with Crippen LogP contribution < -0.4 is 0 Å². The quantitative estimate of drug-likeness (QED) is 0.617. The van der Waals surface area contributed by atoms with Gasteiger partial charge in [0.1, 0.15) is 0 Å². The number of carbonyl (C=O) groups is 3. The minimum atomic E-state index is -0.601. The van der Waals surface area contributed by atoms with E-state index in [2.05, 4.69) is 0 Å². The van der Waals surface area contributed by atoms with Gasteiger partial charge < -0.3 is 4.74 Å². The molecule has 3 rings (SSSR count). The third kappa shape index (κ3) is 3.13. The van der Waals surface area contributed by atoms with E-state index in [4.69, 9.17) is 27.9 Å². The Hall–Kier alpha value is -2.37. The van der Waals surface area contributed by atoms with E-state index in [9.17, 15) is 14.4 Å². The number of esters is 1. The summed E-state index contributed by atoms with van der Waals surface area (Å²) in [5.41, 5.74) is 1.16. The maximum absolute atomic E-state index is 12.1. The van der Waals surface area contributed by atoms with Crippen molar-refractivity contribution in [2.75, 3.05) is 6.73 Å². The minimum absolute atomic E-state index is 0.0842. The van der Waals surface area contributed by atoms with E-state index in [1.807, 2.05) is 0 Å². The average molecular weight is 364 g/mol. The third-order valence-corrected chi connectivity index (χ3v) is 4.17. The first-order chi connectivity index (χ1) is 11.5. The summed E-state index contributed by atoms with van der Waals surface area (Å²) < 4.78 is 5.04. The number of hydrogen-bond acceptors (Lipinski definition) is 4. The molecule has 0 radical (unpaired) electrons. The zero-order valence-corrected chi connectivity index (χ0v) is 13.8. The molecule has 1 aliphatic heterocycles. The fraction of sp³-hybridized carbons (Fsp3) is 0.118. The van der Waals surface area contributed by atoms with Crippen LogP contribution >= 0.6 is 23.2 Å². The normalized spacial score (nSPS) is 13.2. The van der Waals surface area contributed by atoms with Gasteiger partial charge in [0.25, 0.3) is 11.8 Å². The lowest BCUT2D eigenvalue weighted by molar-refractivity contribution is -0.145. The summed E-state index contributed by atoms with van der Waals surface area (Å²) in [4.78, 5) is 37.1. The summed E-state index contributed by atoms with van der Waals surface area (Å²) in [5.74, 6) is -1.56. The Morgan fingerprint density at radius 1 is 1.00 bits per heavy atom. The Balaban J connectivity index is 1.63. The van der Waals surface area contributed by atoms with Gasteiger partial charge in [-0.2, -0.15) is 0 Å². The molecule has 0 aliphatic carbocycles. The van der Waals surface area contributed by atoms with Crippen LogP contribution in [0.3, 0.4) is 0 Å². The first-order valence-electron chi connectivity index (χ1n) is 7.02. The number of rotatable bonds is 4. The molecule has 2 amide bonds. The summed E-state index contributed by atoms with van der Waals surface area (Å²) in [6.07, 6.45) is -0.0842. The van der Waals surface area contributed by atoms with Gasteiger partial charge in [-0.3, -0.25) is 14.4 Å². The summed E-state index contributed by atoms with van der Waals surface area (Å²) in [6.45, 7) is -0.434. The number of benzene rings is 2. The standard InChI is InChI=1S/C17H11Cl2NO4/c18-11-6-5-10(14(19)8-11)7-15(21)24-9-20-16(22)12-3-1-2-4-13(12)17(20)23/h1-6,8H,7,9H2. The third-order valence-electron chi connectivity index (χ3n) is 3.58. The number of hydrogen-bond donors (Lipinski definition) is 0. The first kappa shape index (κ1) is 16.5. The molecular formula is C17H11Cl2NO4. The lowest BCUT2D eigenvalue weighted by Gasteiger charge is -2.14. The van der Waals surface area contributed by atoms with Crippen LogP contribution in [0.5, 0.6) is 0 Å². The molecule has 0 saturated carbocycles. The van der Waals surface area contributed by atoms with Crippen molar-refractivity contribution in [3.05, 3.63) is 69.2 Å². The predicted octanol–water partition coefficient (Wildman–Crippen LogP) is 3.33. The summed E-state index contributed by atoms with van der Waals surface area (Å²) >= 11 is 11.8. The van der Waals surface area contributed by atoms with Crippen LogP contribution in [0.4, 0.5) is 0 Å². The molecule has 2 aromatic carbocycles. The molecule has 0 fully saturated rings. The molecule has 1 heterocycles. The number of amides is 2. The molecule has 5 nitrogen and oxygen atoms in total. The van der Waals surface area contributed by atoms with E-state index >= 15 is 0 Å². The average Bonchev–Trinajstić information content (AvgIpc) is 2.80. The molecule has 0 bridgehead atoms. The smallest absolute Gasteiger partial charge is 0.312 e. The highest BCUT2D eigenvalue weighted by atomic mass is 35.5. The Morgan fingerprint density at radius 2 is 1.62 bits per heavy atom. The molecule has 0 saturated heterocycles. The van der Waals surface area contributed by atoms with Crippen LogP contribution in [0.2, 0.25) is 10.0 Å². The van der Waals surface area contributed by atoms with E-state index in [0.717, 1.165) is 4.90 Å². The molecule has 0 atom stereocenters. The van der Waals surface area contributed by atoms with Crippen molar-refractivity contribution in [2.24, 2.45) is 0 Å². The van der Waals surface area contributed by atoms with Gasteiger partial charge in [0, 0.05) is 10.0 Å². The van der Waals surface area contributed by atoms with Gasteiger partial charge in [0.05, 0.1) is 17.5 Å². The minimum Gasteiger partial charge on any atom is -0.443 e. The van der Waals surface area contributed by atoms with E-state index in [1.165, 1.54) is 6.07 Å². The topological polar surface area (TPSA) is 63.7 Å². The van der Waals surface area contributed by atoms with Crippen LogP contribution in [-0.4, -0.2) is 29.4 Å². The number of ether oxygens (including phenoxy) is 1. The van der Waals surface area contributed by atoms with Gasteiger partial charge in [0.2, 0.25) is 0 Å². The molecule has 122 valence electrons. The van der Waals surface area contributed by atoms with Crippen molar-refractivity contribution in [3.63, 3.8) is 0 Å². The molecule has 24 heavy (non-hydrogen) atoms. The van der Waals surface area contributed by atoms with Gasteiger partial charge in [-0.1, -0.05) is 41.4 Å². The lowest BCUT2D eigenvalue weighted by atomic mass is 10.1. The SMILES string of the molecule is O=C(Cc1ccc(Cl)cc1Cl)OCN1C(=O)c2ccccc2C1=O. The highest BCUT2D eigenvalue weighted by Gasteiger charge is 2.35.